The van der Waals surface area contributed by atoms with Crippen LogP contribution in [0.4, 0.5) is 0 Å². The number of halogens is 1. The van der Waals surface area contributed by atoms with Gasteiger partial charge in [-0.2, -0.15) is 0 Å². The largest absolute Gasteiger partial charge is 0.411 e. The van der Waals surface area contributed by atoms with Crippen molar-refractivity contribution in [3.8, 4) is 0 Å². The van der Waals surface area contributed by atoms with Gasteiger partial charge in [-0.15, -0.1) is 0 Å². The van der Waals surface area contributed by atoms with E-state index in [1.807, 2.05) is 36.4 Å². The number of rotatable bonds is 4. The highest BCUT2D eigenvalue weighted by Crippen LogP contribution is 2.25. The summed E-state index contributed by atoms with van der Waals surface area (Å²) < 4.78 is 0. The first-order valence-corrected chi connectivity index (χ1v) is 7.93. The van der Waals surface area contributed by atoms with Gasteiger partial charge >= 0.3 is 0 Å². The third-order valence-electron chi connectivity index (χ3n) is 3.15. The molecule has 0 aliphatic rings. The average Bonchev–Trinajstić information content (AvgIpc) is 2.57. The Morgan fingerprint density at radius 3 is 2.64 bits per heavy atom. The summed E-state index contributed by atoms with van der Waals surface area (Å²) in [6.45, 7) is 0. The molecule has 0 bridgehead atoms. The molecule has 0 saturated carbocycles. The minimum atomic E-state index is 0.499. The van der Waals surface area contributed by atoms with Gasteiger partial charge in [-0.05, 0) is 18.2 Å². The Bertz CT molecular complexity index is 816. The van der Waals surface area contributed by atoms with E-state index in [1.165, 1.54) is 11.8 Å². The lowest BCUT2D eigenvalue weighted by Crippen LogP contribution is -2.04. The fourth-order valence-electron chi connectivity index (χ4n) is 2.04. The lowest BCUT2D eigenvalue weighted by atomic mass is 10.1. The Kier molecular flexibility index (Phi) is 4.56. The predicted molar refractivity (Wildman–Crippen MR) is 90.0 cm³/mol. The zero-order chi connectivity index (χ0) is 15.4. The highest BCUT2D eigenvalue weighted by molar-refractivity contribution is 8.00. The van der Waals surface area contributed by atoms with Crippen molar-refractivity contribution in [1.29, 1.82) is 0 Å². The zero-order valence-electron chi connectivity index (χ0n) is 11.5. The van der Waals surface area contributed by atoms with E-state index < -0.39 is 0 Å². The van der Waals surface area contributed by atoms with Crippen LogP contribution in [0.25, 0.3) is 10.9 Å². The van der Waals surface area contributed by atoms with Crippen LogP contribution in [0.15, 0.2) is 65.0 Å². The Balaban J connectivity index is 1.82. The second kappa shape index (κ2) is 6.77. The van der Waals surface area contributed by atoms with Gasteiger partial charge in [0.2, 0.25) is 0 Å². The number of thioether (sulfide) groups is 1. The summed E-state index contributed by atoms with van der Waals surface area (Å²) in [6.07, 6.45) is 1.54. The second-order valence-electron chi connectivity index (χ2n) is 4.54. The van der Waals surface area contributed by atoms with E-state index in [9.17, 15) is 5.21 Å². The van der Waals surface area contributed by atoms with Gasteiger partial charge in [-0.25, -0.2) is 9.97 Å². The van der Waals surface area contributed by atoms with E-state index in [-0.39, 0.29) is 0 Å². The molecule has 3 aromatic rings. The fourth-order valence-corrected chi connectivity index (χ4v) is 3.12. The molecular formula is C16H12ClN3OS. The summed E-state index contributed by atoms with van der Waals surface area (Å²) in [5.74, 6) is 0.499. The van der Waals surface area contributed by atoms with Crippen LogP contribution in [-0.4, -0.2) is 26.6 Å². The molecule has 0 saturated heterocycles. The fraction of sp³-hybridized carbons (Fsp3) is 0.0625. The molecule has 0 atom stereocenters. The van der Waals surface area contributed by atoms with Crippen LogP contribution in [0.2, 0.25) is 5.02 Å². The van der Waals surface area contributed by atoms with Crippen LogP contribution < -0.4 is 0 Å². The van der Waals surface area contributed by atoms with Crippen LogP contribution in [0, 0.1) is 0 Å². The van der Waals surface area contributed by atoms with Crippen molar-refractivity contribution in [3.05, 3.63) is 65.4 Å². The summed E-state index contributed by atoms with van der Waals surface area (Å²) in [5.41, 5.74) is 2.30. The number of hydrogen-bond donors (Lipinski definition) is 1. The molecule has 4 nitrogen and oxygen atoms in total. The highest BCUT2D eigenvalue weighted by atomic mass is 35.5. The molecule has 110 valence electrons. The van der Waals surface area contributed by atoms with Crippen molar-refractivity contribution >= 4 is 40.0 Å². The minimum absolute atomic E-state index is 0.499. The first kappa shape index (κ1) is 14.8. The number of hydrogen-bond acceptors (Lipinski definition) is 5. The summed E-state index contributed by atoms with van der Waals surface area (Å²) >= 11 is 7.38. The monoisotopic (exact) mass is 329 g/mol. The van der Waals surface area contributed by atoms with Crippen LogP contribution in [0.1, 0.15) is 5.56 Å². The lowest BCUT2D eigenvalue weighted by Gasteiger charge is -2.06. The number of benzene rings is 2. The molecule has 2 aromatic carbocycles. The summed E-state index contributed by atoms with van der Waals surface area (Å²) in [6, 6.07) is 15.0. The smallest absolute Gasteiger partial charge is 0.117 e. The third-order valence-corrected chi connectivity index (χ3v) is 4.42. The second-order valence-corrected chi connectivity index (χ2v) is 5.94. The molecule has 0 aliphatic heterocycles. The standard InChI is InChI=1S/C16H12ClN3OS/c17-12-7-5-11(6-8-12)15(20-21)9-22-16-13-3-1-2-4-14(13)18-10-19-16/h1-8,10,21H,9H2/b20-15-. The Morgan fingerprint density at radius 1 is 1.09 bits per heavy atom. The van der Waals surface area contributed by atoms with Crippen LogP contribution in [0.5, 0.6) is 0 Å². The summed E-state index contributed by atoms with van der Waals surface area (Å²) in [7, 11) is 0. The van der Waals surface area contributed by atoms with Crippen LogP contribution in [-0.2, 0) is 0 Å². The minimum Gasteiger partial charge on any atom is -0.411 e. The van der Waals surface area contributed by atoms with Gasteiger partial charge in [0.15, 0.2) is 0 Å². The van der Waals surface area contributed by atoms with Gasteiger partial charge in [0.1, 0.15) is 11.4 Å². The number of nitrogens with zero attached hydrogens (tertiary/aromatic N) is 3. The van der Waals surface area contributed by atoms with Gasteiger partial charge in [0, 0.05) is 21.7 Å². The maximum atomic E-state index is 9.25. The zero-order valence-corrected chi connectivity index (χ0v) is 13.1. The maximum absolute atomic E-state index is 9.25. The molecule has 0 spiro atoms. The van der Waals surface area contributed by atoms with Crippen molar-refractivity contribution in [2.75, 3.05) is 5.75 Å². The van der Waals surface area contributed by atoms with Crippen molar-refractivity contribution in [1.82, 2.24) is 9.97 Å². The van der Waals surface area contributed by atoms with E-state index in [4.69, 9.17) is 11.6 Å². The van der Waals surface area contributed by atoms with Gasteiger partial charge in [-0.3, -0.25) is 0 Å². The molecule has 22 heavy (non-hydrogen) atoms. The van der Waals surface area contributed by atoms with Gasteiger partial charge < -0.3 is 5.21 Å². The third kappa shape index (κ3) is 3.21. The van der Waals surface area contributed by atoms with Crippen molar-refractivity contribution < 1.29 is 5.21 Å². The van der Waals surface area contributed by atoms with Gasteiger partial charge in [-0.1, -0.05) is 58.9 Å². The van der Waals surface area contributed by atoms with Crippen molar-refractivity contribution in [2.24, 2.45) is 5.16 Å². The Hall–Kier alpha value is -2.11. The summed E-state index contributed by atoms with van der Waals surface area (Å²) in [5, 5.41) is 15.1. The summed E-state index contributed by atoms with van der Waals surface area (Å²) in [4.78, 5) is 8.55. The van der Waals surface area contributed by atoms with Gasteiger partial charge in [0.25, 0.3) is 0 Å². The number of oxime groups is 1. The van der Waals surface area contributed by atoms with Crippen LogP contribution >= 0.6 is 23.4 Å². The van der Waals surface area contributed by atoms with Crippen molar-refractivity contribution in [3.63, 3.8) is 0 Å². The molecule has 0 unspecified atom stereocenters. The molecule has 1 aromatic heterocycles. The molecule has 1 heterocycles. The van der Waals surface area contributed by atoms with E-state index in [0.717, 1.165) is 21.5 Å². The molecular weight excluding hydrogens is 318 g/mol. The molecule has 1 N–H and O–H groups in total. The topological polar surface area (TPSA) is 58.4 Å². The highest BCUT2D eigenvalue weighted by Gasteiger charge is 2.09. The molecule has 3 rings (SSSR count). The first-order valence-electron chi connectivity index (χ1n) is 6.57. The number of para-hydroxylation sites is 1. The first-order chi connectivity index (χ1) is 10.8. The Labute approximate surface area is 136 Å². The van der Waals surface area contributed by atoms with E-state index in [0.29, 0.717) is 16.5 Å². The normalized spacial score (nSPS) is 11.8. The number of fused-ring (bicyclic) bond motifs is 1. The maximum Gasteiger partial charge on any atom is 0.117 e. The predicted octanol–water partition coefficient (Wildman–Crippen LogP) is 4.25. The molecule has 0 radical (unpaired) electrons. The van der Waals surface area contributed by atoms with E-state index in [2.05, 4.69) is 15.1 Å². The van der Waals surface area contributed by atoms with Crippen molar-refractivity contribution in [2.45, 2.75) is 5.03 Å². The molecule has 0 fully saturated rings. The lowest BCUT2D eigenvalue weighted by molar-refractivity contribution is 0.319. The molecule has 0 amide bonds. The molecule has 0 aliphatic carbocycles. The van der Waals surface area contributed by atoms with E-state index >= 15 is 0 Å². The number of aromatic nitrogens is 2. The Morgan fingerprint density at radius 2 is 1.86 bits per heavy atom. The van der Waals surface area contributed by atoms with E-state index in [1.54, 1.807) is 18.5 Å². The average molecular weight is 330 g/mol. The van der Waals surface area contributed by atoms with Gasteiger partial charge in [0.05, 0.1) is 11.2 Å². The quantitative estimate of drug-likeness (QED) is 0.255. The van der Waals surface area contributed by atoms with Crippen LogP contribution in [0.3, 0.4) is 0 Å². The SMILES string of the molecule is O/N=C(/CSc1ncnc2ccccc12)c1ccc(Cl)cc1. The molecule has 6 heteroatoms.